The molecule has 9 nitrogen and oxygen atoms in total. The second kappa shape index (κ2) is 11.7. The van der Waals surface area contributed by atoms with Crippen molar-refractivity contribution in [2.24, 2.45) is 0 Å². The number of rotatable bonds is 9. The highest BCUT2D eigenvalue weighted by Gasteiger charge is 2.47. The number of aliphatic hydroxyl groups is 1. The maximum atomic E-state index is 13.4. The fourth-order valence-corrected chi connectivity index (χ4v) is 4.75. The summed E-state index contributed by atoms with van der Waals surface area (Å²) >= 11 is 0. The number of amides is 1. The molecule has 0 bridgehead atoms. The van der Waals surface area contributed by atoms with Gasteiger partial charge in [0.15, 0.2) is 11.5 Å². The molecule has 2 aliphatic heterocycles. The Hall–Kier alpha value is -3.56. The lowest BCUT2D eigenvalue weighted by Gasteiger charge is -2.31. The van der Waals surface area contributed by atoms with Crippen LogP contribution >= 0.6 is 0 Å². The lowest BCUT2D eigenvalue weighted by molar-refractivity contribution is -0.140. The van der Waals surface area contributed by atoms with Crippen LogP contribution in [-0.2, 0) is 14.3 Å². The quantitative estimate of drug-likeness (QED) is 0.312. The smallest absolute Gasteiger partial charge is 0.295 e. The number of aliphatic hydroxyl groups excluding tert-OH is 1. The zero-order valence-electron chi connectivity index (χ0n) is 21.7. The number of carbonyl (C=O) groups is 2. The Morgan fingerprint density at radius 3 is 2.35 bits per heavy atom. The van der Waals surface area contributed by atoms with Crippen molar-refractivity contribution in [1.82, 2.24) is 9.80 Å². The van der Waals surface area contributed by atoms with Crippen LogP contribution in [-0.4, -0.2) is 86.3 Å². The summed E-state index contributed by atoms with van der Waals surface area (Å²) in [5.41, 5.74) is 0.981. The van der Waals surface area contributed by atoms with Crippen LogP contribution in [0, 0.1) is 0 Å². The van der Waals surface area contributed by atoms with E-state index in [0.29, 0.717) is 54.7 Å². The second-order valence-corrected chi connectivity index (χ2v) is 9.22. The molecule has 1 atom stereocenters. The van der Waals surface area contributed by atoms with E-state index in [-0.39, 0.29) is 17.4 Å². The number of ether oxygens (including phenoxy) is 4. The number of methoxy groups -OCH3 is 2. The van der Waals surface area contributed by atoms with Gasteiger partial charge in [-0.25, -0.2) is 0 Å². The minimum atomic E-state index is -0.849. The molecule has 2 saturated heterocycles. The van der Waals surface area contributed by atoms with Gasteiger partial charge in [0.25, 0.3) is 11.7 Å². The van der Waals surface area contributed by atoms with Gasteiger partial charge in [0, 0.05) is 37.3 Å². The number of hydrogen-bond donors (Lipinski definition) is 1. The van der Waals surface area contributed by atoms with E-state index in [1.165, 1.54) is 19.1 Å². The van der Waals surface area contributed by atoms with Crippen molar-refractivity contribution in [3.63, 3.8) is 0 Å². The molecule has 0 aliphatic carbocycles. The first kappa shape index (κ1) is 26.5. The van der Waals surface area contributed by atoms with Crippen molar-refractivity contribution in [3.05, 3.63) is 59.2 Å². The normalized spacial score (nSPS) is 19.9. The van der Waals surface area contributed by atoms with Gasteiger partial charge in [0.05, 0.1) is 45.2 Å². The SMILES string of the molecule is COc1cccc(C2/C(=C(\O)c3ccc(OC(C)C)cc3)C(=O)C(=O)N2CCN2CCOCC2)c1OC. The summed E-state index contributed by atoms with van der Waals surface area (Å²) < 4.78 is 22.3. The first-order valence-corrected chi connectivity index (χ1v) is 12.4. The third kappa shape index (κ3) is 5.57. The van der Waals surface area contributed by atoms with Crippen molar-refractivity contribution >= 4 is 17.4 Å². The summed E-state index contributed by atoms with van der Waals surface area (Å²) in [6, 6.07) is 11.3. The highest BCUT2D eigenvalue weighted by atomic mass is 16.5. The summed E-state index contributed by atoms with van der Waals surface area (Å²) in [5.74, 6) is -0.142. The molecule has 0 radical (unpaired) electrons. The van der Waals surface area contributed by atoms with Gasteiger partial charge in [-0.1, -0.05) is 12.1 Å². The molecule has 37 heavy (non-hydrogen) atoms. The molecule has 0 spiro atoms. The molecule has 1 N–H and O–H groups in total. The number of ketones is 1. The van der Waals surface area contributed by atoms with Gasteiger partial charge < -0.3 is 29.0 Å². The predicted molar refractivity (Wildman–Crippen MR) is 138 cm³/mol. The molecule has 2 heterocycles. The van der Waals surface area contributed by atoms with Crippen molar-refractivity contribution in [2.45, 2.75) is 26.0 Å². The molecular weight excluding hydrogens is 476 g/mol. The molecule has 2 fully saturated rings. The Kier molecular flexibility index (Phi) is 8.35. The van der Waals surface area contributed by atoms with E-state index in [9.17, 15) is 14.7 Å². The van der Waals surface area contributed by atoms with Crippen LogP contribution in [0.1, 0.15) is 31.0 Å². The Balaban J connectivity index is 1.78. The summed E-state index contributed by atoms with van der Waals surface area (Å²) in [6.07, 6.45) is -0.00300. The Bertz CT molecular complexity index is 1150. The topological polar surface area (TPSA) is 97.8 Å². The average molecular weight is 511 g/mol. The van der Waals surface area contributed by atoms with E-state index in [4.69, 9.17) is 18.9 Å². The monoisotopic (exact) mass is 510 g/mol. The van der Waals surface area contributed by atoms with Crippen LogP contribution in [0.5, 0.6) is 17.2 Å². The molecule has 2 aromatic carbocycles. The number of hydrogen-bond acceptors (Lipinski definition) is 8. The predicted octanol–water partition coefficient (Wildman–Crippen LogP) is 3.24. The van der Waals surface area contributed by atoms with Gasteiger partial charge in [0.1, 0.15) is 11.5 Å². The fraction of sp³-hybridized carbons (Fsp3) is 0.429. The third-order valence-electron chi connectivity index (χ3n) is 6.53. The molecule has 1 unspecified atom stereocenters. The van der Waals surface area contributed by atoms with E-state index in [1.54, 1.807) is 42.5 Å². The number of morpholine rings is 1. The second-order valence-electron chi connectivity index (χ2n) is 9.22. The maximum Gasteiger partial charge on any atom is 0.295 e. The fourth-order valence-electron chi connectivity index (χ4n) is 4.75. The van der Waals surface area contributed by atoms with Gasteiger partial charge in [-0.2, -0.15) is 0 Å². The molecule has 0 aromatic heterocycles. The van der Waals surface area contributed by atoms with Crippen LogP contribution in [0.15, 0.2) is 48.0 Å². The van der Waals surface area contributed by atoms with Crippen molar-refractivity contribution in [1.29, 1.82) is 0 Å². The maximum absolute atomic E-state index is 13.4. The Morgan fingerprint density at radius 1 is 1.03 bits per heavy atom. The minimum absolute atomic E-state index is 0.00300. The molecule has 2 aliphatic rings. The van der Waals surface area contributed by atoms with Crippen molar-refractivity contribution in [2.75, 3.05) is 53.6 Å². The van der Waals surface area contributed by atoms with Gasteiger partial charge in [-0.3, -0.25) is 14.5 Å². The molecule has 198 valence electrons. The highest BCUT2D eigenvalue weighted by molar-refractivity contribution is 6.46. The van der Waals surface area contributed by atoms with Crippen LogP contribution in [0.25, 0.3) is 5.76 Å². The first-order chi connectivity index (χ1) is 17.8. The number of nitrogens with zero attached hydrogens (tertiary/aromatic N) is 2. The highest BCUT2D eigenvalue weighted by Crippen LogP contribution is 2.45. The van der Waals surface area contributed by atoms with Gasteiger partial charge in [-0.15, -0.1) is 0 Å². The van der Waals surface area contributed by atoms with E-state index < -0.39 is 17.7 Å². The largest absolute Gasteiger partial charge is 0.507 e. The minimum Gasteiger partial charge on any atom is -0.507 e. The Labute approximate surface area is 217 Å². The number of Topliss-reactive ketones (excluding diaryl/α,β-unsaturated/α-hetero) is 1. The van der Waals surface area contributed by atoms with E-state index in [2.05, 4.69) is 4.90 Å². The standard InChI is InChI=1S/C28H34N2O7/c1-18(2)37-20-10-8-19(9-11-20)25(31)23-24(21-6-5-7-22(34-3)27(21)35-4)30(28(33)26(23)32)13-12-29-14-16-36-17-15-29/h5-11,18,24,31H,12-17H2,1-4H3/b25-23+. The van der Waals surface area contributed by atoms with E-state index in [1.807, 2.05) is 13.8 Å². The van der Waals surface area contributed by atoms with E-state index in [0.717, 1.165) is 13.1 Å². The van der Waals surface area contributed by atoms with Crippen LogP contribution in [0.3, 0.4) is 0 Å². The zero-order chi connectivity index (χ0) is 26.5. The van der Waals surface area contributed by atoms with Crippen LogP contribution in [0.4, 0.5) is 0 Å². The summed E-state index contributed by atoms with van der Waals surface area (Å²) in [6.45, 7) is 7.48. The number of carbonyl (C=O) groups excluding carboxylic acids is 2. The molecule has 2 aromatic rings. The number of para-hydroxylation sites is 1. The molecule has 0 saturated carbocycles. The summed E-state index contributed by atoms with van der Waals surface area (Å²) in [7, 11) is 3.03. The third-order valence-corrected chi connectivity index (χ3v) is 6.53. The summed E-state index contributed by atoms with van der Waals surface area (Å²) in [5, 5.41) is 11.4. The Morgan fingerprint density at radius 2 is 1.73 bits per heavy atom. The first-order valence-electron chi connectivity index (χ1n) is 12.4. The molecule has 1 amide bonds. The summed E-state index contributed by atoms with van der Waals surface area (Å²) in [4.78, 5) is 30.4. The van der Waals surface area contributed by atoms with E-state index >= 15 is 0 Å². The van der Waals surface area contributed by atoms with Gasteiger partial charge in [0.2, 0.25) is 0 Å². The average Bonchev–Trinajstić information content (AvgIpc) is 3.16. The van der Waals surface area contributed by atoms with Crippen molar-refractivity contribution < 1.29 is 33.6 Å². The molecular formula is C28H34N2O7. The van der Waals surface area contributed by atoms with Gasteiger partial charge >= 0.3 is 0 Å². The van der Waals surface area contributed by atoms with Gasteiger partial charge in [-0.05, 0) is 44.2 Å². The lowest BCUT2D eigenvalue weighted by atomic mass is 9.94. The number of benzene rings is 2. The number of likely N-dealkylation sites (tertiary alicyclic amines) is 1. The van der Waals surface area contributed by atoms with Crippen LogP contribution in [0.2, 0.25) is 0 Å². The molecule has 4 rings (SSSR count). The zero-order valence-corrected chi connectivity index (χ0v) is 21.7. The molecule has 9 heteroatoms. The van der Waals surface area contributed by atoms with Crippen molar-refractivity contribution in [3.8, 4) is 17.2 Å². The van der Waals surface area contributed by atoms with Crippen LogP contribution < -0.4 is 14.2 Å². The lowest BCUT2D eigenvalue weighted by Crippen LogP contribution is -2.42.